The van der Waals surface area contributed by atoms with Gasteiger partial charge in [-0.15, -0.1) is 10.2 Å². The minimum Gasteiger partial charge on any atom is -0.366 e. The first-order valence-corrected chi connectivity index (χ1v) is 21.3. The first-order valence-electron chi connectivity index (χ1n) is 15.3. The number of carbonyl (C=O) groups is 1. The maximum atomic E-state index is 14.6. The van der Waals surface area contributed by atoms with E-state index in [4.69, 9.17) is 11.3 Å². The van der Waals surface area contributed by atoms with Gasteiger partial charge >= 0.3 is 11.7 Å². The lowest BCUT2D eigenvalue weighted by Crippen LogP contribution is -2.56. The molecule has 18 heteroatoms. The zero-order chi connectivity index (χ0) is 34.5. The molecular weight excluding hydrogens is 669 g/mol. The molecule has 1 atom stereocenters. The summed E-state index contributed by atoms with van der Waals surface area (Å²) in [6.45, 7) is 17.7. The van der Waals surface area contributed by atoms with E-state index in [2.05, 4.69) is 39.8 Å². The molecule has 47 heavy (non-hydrogen) atoms. The van der Waals surface area contributed by atoms with Crippen molar-refractivity contribution in [2.24, 2.45) is 7.05 Å². The Hall–Kier alpha value is -3.24. The van der Waals surface area contributed by atoms with Crippen molar-refractivity contribution < 1.29 is 26.7 Å². The lowest BCUT2D eigenvalue weighted by Gasteiger charge is -2.42. The smallest absolute Gasteiger partial charge is 0.319 e. The number of sulfonamides is 1. The van der Waals surface area contributed by atoms with Gasteiger partial charge in [0.1, 0.15) is 12.4 Å². The van der Waals surface area contributed by atoms with Crippen LogP contribution in [0.5, 0.6) is 0 Å². The van der Waals surface area contributed by atoms with Gasteiger partial charge in [0.2, 0.25) is 0 Å². The number of rotatable bonds is 11. The summed E-state index contributed by atoms with van der Waals surface area (Å²) >= 11 is 0.696. The molecule has 2 fully saturated rings. The molecule has 256 valence electrons. The predicted octanol–water partition coefficient (Wildman–Crippen LogP) is 4.93. The van der Waals surface area contributed by atoms with Crippen molar-refractivity contribution in [3.8, 4) is 10.7 Å². The number of fused-ring (bicyclic) bond motifs is 1. The number of alkyl halides is 2. The molecule has 1 aliphatic heterocycles. The number of hydrogen-bond acceptors (Lipinski definition) is 9. The highest BCUT2D eigenvalue weighted by atomic mass is 32.2. The molecule has 13 nitrogen and oxygen atoms in total. The summed E-state index contributed by atoms with van der Waals surface area (Å²) in [7, 11) is -0.671. The highest BCUT2D eigenvalue weighted by Gasteiger charge is 2.61. The zero-order valence-corrected chi connectivity index (χ0v) is 30.3. The average Bonchev–Trinajstić information content (AvgIpc) is 3.48. The molecular formula is C29H41F2N9O4S2Si. The van der Waals surface area contributed by atoms with Crippen molar-refractivity contribution in [3.05, 3.63) is 28.6 Å². The molecule has 5 rings (SSSR count). The molecule has 2 aliphatic rings. The molecule has 0 spiro atoms. The number of nitrogens with zero attached hydrogens (tertiary/aromatic N) is 9. The molecule has 0 N–H and O–H groups in total. The molecule has 1 aromatic carbocycles. The predicted molar refractivity (Wildman–Crippen MR) is 179 cm³/mol. The number of benzene rings is 1. The highest BCUT2D eigenvalue weighted by molar-refractivity contribution is 7.89. The van der Waals surface area contributed by atoms with Gasteiger partial charge in [-0.2, -0.15) is 5.10 Å². The van der Waals surface area contributed by atoms with Crippen LogP contribution in [0.25, 0.3) is 26.4 Å². The standard InChI is InChI=1S/C29H41F2N9O4S2Si/c1-19-17-38(11-12-39(19)28(41)36(3)4)22-16-20(15-21-23(35-37(5)24(21)22)26-33-34-27(45-26)25(30)31)46(42,43)40(29(32-2)9-10-29)18-44-13-14-47(6,7)8/h15-16,19,25H,9-14,17-18H2,1,3-8H3/t19-/m1/s1. The number of hydrogen-bond donors (Lipinski definition) is 0. The molecule has 1 aliphatic carbocycles. The number of aromatic nitrogens is 4. The van der Waals surface area contributed by atoms with Crippen molar-refractivity contribution in [2.45, 2.75) is 68.5 Å². The summed E-state index contributed by atoms with van der Waals surface area (Å²) in [5, 5.41) is 12.3. The Bertz CT molecular complexity index is 1800. The van der Waals surface area contributed by atoms with Gasteiger partial charge in [-0.25, -0.2) is 28.6 Å². The Labute approximate surface area is 279 Å². The van der Waals surface area contributed by atoms with E-state index in [-0.39, 0.29) is 34.4 Å². The minimum atomic E-state index is -4.31. The maximum absolute atomic E-state index is 14.6. The van der Waals surface area contributed by atoms with Crippen LogP contribution in [0.3, 0.4) is 0 Å². The summed E-state index contributed by atoms with van der Waals surface area (Å²) in [5.74, 6) is 0. The van der Waals surface area contributed by atoms with Crippen LogP contribution in [0.15, 0.2) is 17.0 Å². The summed E-state index contributed by atoms with van der Waals surface area (Å²) in [6, 6.07) is 3.57. The summed E-state index contributed by atoms with van der Waals surface area (Å²) in [6.07, 6.45) is -2.04. The number of amides is 2. The average molecular weight is 710 g/mol. The van der Waals surface area contributed by atoms with E-state index in [0.717, 1.165) is 10.3 Å². The van der Waals surface area contributed by atoms with Crippen LogP contribution >= 0.6 is 11.3 Å². The van der Waals surface area contributed by atoms with Crippen LogP contribution in [0.1, 0.15) is 31.2 Å². The number of anilines is 1. The third-order valence-electron chi connectivity index (χ3n) is 8.48. The topological polar surface area (TPSA) is 121 Å². The number of halogens is 2. The quantitative estimate of drug-likeness (QED) is 0.119. The SMILES string of the molecule is [C-]#[N+]C1(N(COCC[Si](C)(C)C)S(=O)(=O)c2cc(N3CCN(C(=O)N(C)C)[C@H](C)C3)c3c(c2)c(-c2nnc(C(F)F)s2)nn3C)CC1. The van der Waals surface area contributed by atoms with Gasteiger partial charge in [0.25, 0.3) is 16.4 Å². The largest absolute Gasteiger partial charge is 0.366 e. The monoisotopic (exact) mass is 709 g/mol. The molecule has 1 saturated carbocycles. The first kappa shape index (κ1) is 35.1. The van der Waals surface area contributed by atoms with Gasteiger partial charge in [-0.05, 0) is 25.1 Å². The molecule has 3 aromatic rings. The van der Waals surface area contributed by atoms with Crippen LogP contribution in [0, 0.1) is 6.57 Å². The fourth-order valence-electron chi connectivity index (χ4n) is 5.65. The van der Waals surface area contributed by atoms with Crippen LogP contribution in [0.4, 0.5) is 19.3 Å². The van der Waals surface area contributed by atoms with Gasteiger partial charge < -0.3 is 19.4 Å². The highest BCUT2D eigenvalue weighted by Crippen LogP contribution is 2.47. The van der Waals surface area contributed by atoms with E-state index < -0.39 is 35.2 Å². The number of carbonyl (C=O) groups excluding carboxylic acids is 1. The summed E-state index contributed by atoms with van der Waals surface area (Å²) < 4.78 is 64.7. The fraction of sp³-hybridized carbons (Fsp3) is 0.621. The fourth-order valence-corrected chi connectivity index (χ4v) is 8.77. The van der Waals surface area contributed by atoms with Crippen LogP contribution in [-0.2, 0) is 21.8 Å². The van der Waals surface area contributed by atoms with E-state index in [0.29, 0.717) is 67.0 Å². The Balaban J connectivity index is 1.63. The Morgan fingerprint density at radius 3 is 2.49 bits per heavy atom. The van der Waals surface area contributed by atoms with E-state index in [1.807, 2.05) is 11.8 Å². The van der Waals surface area contributed by atoms with Gasteiger partial charge in [0.15, 0.2) is 10.0 Å². The van der Waals surface area contributed by atoms with Crippen LogP contribution in [-0.4, -0.2) is 115 Å². The van der Waals surface area contributed by atoms with E-state index in [9.17, 15) is 22.0 Å². The van der Waals surface area contributed by atoms with E-state index >= 15 is 0 Å². The first-order chi connectivity index (χ1) is 22.0. The molecule has 0 bridgehead atoms. The van der Waals surface area contributed by atoms with Gasteiger partial charge in [-0.1, -0.05) is 35.3 Å². The molecule has 3 heterocycles. The summed E-state index contributed by atoms with van der Waals surface area (Å²) in [5.41, 5.74) is 0.126. The van der Waals surface area contributed by atoms with Gasteiger partial charge in [0.05, 0.1) is 28.9 Å². The van der Waals surface area contributed by atoms with Crippen LogP contribution in [0.2, 0.25) is 25.7 Å². The number of ether oxygens (including phenoxy) is 1. The third-order valence-corrected chi connectivity index (χ3v) is 13.0. The lowest BCUT2D eigenvalue weighted by atomic mass is 10.1. The second-order valence-corrected chi connectivity index (χ2v) is 22.0. The van der Waals surface area contributed by atoms with Crippen molar-refractivity contribution in [1.82, 2.24) is 34.1 Å². The third kappa shape index (κ3) is 7.00. The van der Waals surface area contributed by atoms with Crippen LogP contribution < -0.4 is 4.90 Å². The Kier molecular flexibility index (Phi) is 9.69. The zero-order valence-electron chi connectivity index (χ0n) is 27.7. The second kappa shape index (κ2) is 13.0. The lowest BCUT2D eigenvalue weighted by molar-refractivity contribution is 0.0642. The van der Waals surface area contributed by atoms with Crippen molar-refractivity contribution in [2.75, 3.05) is 52.0 Å². The Morgan fingerprint density at radius 1 is 1.23 bits per heavy atom. The Morgan fingerprint density at radius 2 is 1.94 bits per heavy atom. The van der Waals surface area contributed by atoms with Crippen molar-refractivity contribution >= 4 is 52.1 Å². The van der Waals surface area contributed by atoms with E-state index in [1.54, 1.807) is 36.8 Å². The molecule has 2 amide bonds. The van der Waals surface area contributed by atoms with Crippen molar-refractivity contribution in [3.63, 3.8) is 0 Å². The number of piperazine rings is 1. The summed E-state index contributed by atoms with van der Waals surface area (Å²) in [4.78, 5) is 21.8. The van der Waals surface area contributed by atoms with Gasteiger partial charge in [-0.3, -0.25) is 9.53 Å². The maximum Gasteiger partial charge on any atom is 0.319 e. The molecule has 0 unspecified atom stereocenters. The molecule has 2 aromatic heterocycles. The normalized spacial score (nSPS) is 18.3. The molecule has 1 saturated heterocycles. The van der Waals surface area contributed by atoms with Crippen molar-refractivity contribution in [1.29, 1.82) is 0 Å². The van der Waals surface area contributed by atoms with E-state index in [1.165, 1.54) is 11.0 Å². The molecule has 0 radical (unpaired) electrons. The second-order valence-electron chi connectivity index (χ2n) is 13.5. The number of urea groups is 1. The van der Waals surface area contributed by atoms with Gasteiger partial charge in [0, 0.05) is 66.9 Å². The number of aryl methyl sites for hydroxylation is 1. The minimum absolute atomic E-state index is 0.0731.